The highest BCUT2D eigenvalue weighted by molar-refractivity contribution is 6.31. The van der Waals surface area contributed by atoms with Crippen molar-refractivity contribution in [3.05, 3.63) is 58.1 Å². The number of amides is 1. The molecule has 0 spiro atoms. The predicted molar refractivity (Wildman–Crippen MR) is 124 cm³/mol. The van der Waals surface area contributed by atoms with E-state index in [9.17, 15) is 4.79 Å². The monoisotopic (exact) mass is 438 g/mol. The van der Waals surface area contributed by atoms with Gasteiger partial charge in [0.15, 0.2) is 0 Å². The molecule has 0 saturated carbocycles. The molecule has 0 radical (unpaired) electrons. The van der Waals surface area contributed by atoms with Crippen LogP contribution in [0.25, 0.3) is 11.1 Å². The molecular weight excluding hydrogens is 408 g/mol. The van der Waals surface area contributed by atoms with Crippen LogP contribution >= 0.6 is 11.6 Å². The van der Waals surface area contributed by atoms with E-state index in [2.05, 4.69) is 54.4 Å². The summed E-state index contributed by atoms with van der Waals surface area (Å²) in [5.41, 5.74) is 5.77. The van der Waals surface area contributed by atoms with Crippen molar-refractivity contribution in [3.63, 3.8) is 0 Å². The van der Waals surface area contributed by atoms with E-state index in [1.165, 1.54) is 11.1 Å². The van der Waals surface area contributed by atoms with Crippen LogP contribution in [0.2, 0.25) is 5.02 Å². The van der Waals surface area contributed by atoms with Gasteiger partial charge in [-0.15, -0.1) is 0 Å². The van der Waals surface area contributed by atoms with Gasteiger partial charge in [0, 0.05) is 11.6 Å². The Bertz CT molecular complexity index is 1010. The lowest BCUT2D eigenvalue weighted by atomic mass is 9.85. The van der Waals surface area contributed by atoms with Gasteiger partial charge in [0.05, 0.1) is 6.04 Å². The third-order valence-corrected chi connectivity index (χ3v) is 7.91. The number of carbonyl (C=O) groups is 1. The Balaban J connectivity index is 1.33. The summed E-state index contributed by atoms with van der Waals surface area (Å²) in [6.45, 7) is 9.62. The number of ether oxygens (including phenoxy) is 1. The first-order valence-electron chi connectivity index (χ1n) is 11.4. The maximum absolute atomic E-state index is 12.8. The Morgan fingerprint density at radius 2 is 1.84 bits per heavy atom. The van der Waals surface area contributed by atoms with Crippen molar-refractivity contribution in [3.8, 4) is 11.1 Å². The summed E-state index contributed by atoms with van der Waals surface area (Å²) < 4.78 is 5.91. The van der Waals surface area contributed by atoms with Crippen molar-refractivity contribution in [2.24, 2.45) is 11.3 Å². The number of hydrogen-bond donors (Lipinski definition) is 1. The maximum atomic E-state index is 12.8. The van der Waals surface area contributed by atoms with Crippen molar-refractivity contribution in [2.45, 2.75) is 52.2 Å². The van der Waals surface area contributed by atoms with E-state index in [-0.39, 0.29) is 23.7 Å². The molecule has 3 saturated heterocycles. The summed E-state index contributed by atoms with van der Waals surface area (Å²) in [6, 6.07) is 12.7. The lowest BCUT2D eigenvalue weighted by Crippen LogP contribution is -2.53. The van der Waals surface area contributed by atoms with E-state index in [4.69, 9.17) is 16.3 Å². The van der Waals surface area contributed by atoms with Crippen LogP contribution in [-0.4, -0.2) is 36.7 Å². The van der Waals surface area contributed by atoms with Crippen molar-refractivity contribution in [1.29, 1.82) is 0 Å². The molecule has 5 heteroatoms. The quantitative estimate of drug-likeness (QED) is 0.662. The first-order valence-corrected chi connectivity index (χ1v) is 11.8. The molecular formula is C26H31ClN2O2. The zero-order valence-corrected chi connectivity index (χ0v) is 19.3. The molecule has 4 aliphatic rings. The smallest absolute Gasteiger partial charge is 0.407 e. The molecule has 164 valence electrons. The summed E-state index contributed by atoms with van der Waals surface area (Å²) in [5.74, 6) is 0.517. The van der Waals surface area contributed by atoms with Gasteiger partial charge in [-0.05, 0) is 84.5 Å². The topological polar surface area (TPSA) is 41.6 Å². The van der Waals surface area contributed by atoms with E-state index < -0.39 is 0 Å². The second-order valence-electron chi connectivity index (χ2n) is 10.2. The minimum atomic E-state index is -0.279. The standard InChI is InChI=1S/C26H31ClN2O2/c1-16-4-5-19(13-22(16)27)18-6-7-21-20(12-18)14-26(2,3)24(21)28-25(30)31-23-15-29-10-8-17(23)9-11-29/h4-7,12-13,17,23-24H,8-11,14-15H2,1-3H3,(H,28,30)/t23-,24-/m0/s1. The van der Waals surface area contributed by atoms with Crippen molar-refractivity contribution in [1.82, 2.24) is 10.2 Å². The normalized spacial score (nSPS) is 28.3. The number of carbonyl (C=O) groups excluding carboxylic acids is 1. The van der Waals surface area contributed by atoms with Crippen LogP contribution in [0.3, 0.4) is 0 Å². The van der Waals surface area contributed by atoms with Gasteiger partial charge in [-0.3, -0.25) is 4.90 Å². The highest BCUT2D eigenvalue weighted by Crippen LogP contribution is 2.46. The minimum Gasteiger partial charge on any atom is -0.445 e. The summed E-state index contributed by atoms with van der Waals surface area (Å²) in [4.78, 5) is 15.2. The number of rotatable bonds is 3. The Labute approximate surface area is 189 Å². The number of fused-ring (bicyclic) bond motifs is 4. The number of nitrogens with one attached hydrogen (secondary N) is 1. The zero-order chi connectivity index (χ0) is 21.8. The Morgan fingerprint density at radius 3 is 2.52 bits per heavy atom. The van der Waals surface area contributed by atoms with Gasteiger partial charge in [0.2, 0.25) is 0 Å². The van der Waals surface area contributed by atoms with Gasteiger partial charge in [-0.2, -0.15) is 0 Å². The van der Waals surface area contributed by atoms with Crippen LogP contribution in [-0.2, 0) is 11.2 Å². The van der Waals surface area contributed by atoms with Gasteiger partial charge < -0.3 is 10.1 Å². The molecule has 2 aromatic rings. The summed E-state index contributed by atoms with van der Waals surface area (Å²) in [5, 5.41) is 3.99. The first-order chi connectivity index (χ1) is 14.8. The molecule has 2 bridgehead atoms. The van der Waals surface area contributed by atoms with E-state index in [1.54, 1.807) is 0 Å². The maximum Gasteiger partial charge on any atom is 0.407 e. The lowest BCUT2D eigenvalue weighted by molar-refractivity contribution is -0.0348. The van der Waals surface area contributed by atoms with Gasteiger partial charge in [0.1, 0.15) is 6.10 Å². The van der Waals surface area contributed by atoms with Crippen LogP contribution < -0.4 is 5.32 Å². The van der Waals surface area contributed by atoms with Crippen LogP contribution in [0.1, 0.15) is 49.4 Å². The molecule has 4 nitrogen and oxygen atoms in total. The zero-order valence-electron chi connectivity index (χ0n) is 18.6. The highest BCUT2D eigenvalue weighted by Gasteiger charge is 2.42. The third-order valence-electron chi connectivity index (χ3n) is 7.50. The summed E-state index contributed by atoms with van der Waals surface area (Å²) in [6.07, 6.45) is 2.95. The van der Waals surface area contributed by atoms with Crippen LogP contribution in [0.5, 0.6) is 0 Å². The van der Waals surface area contributed by atoms with Crippen molar-refractivity contribution >= 4 is 17.7 Å². The summed E-state index contributed by atoms with van der Waals surface area (Å²) in [7, 11) is 0. The van der Waals surface area contributed by atoms with Gasteiger partial charge >= 0.3 is 6.09 Å². The molecule has 6 rings (SSSR count). The molecule has 0 aromatic heterocycles. The largest absolute Gasteiger partial charge is 0.445 e. The van der Waals surface area contributed by atoms with E-state index in [0.717, 1.165) is 60.6 Å². The van der Waals surface area contributed by atoms with Gasteiger partial charge in [-0.25, -0.2) is 4.79 Å². The fourth-order valence-corrected chi connectivity index (χ4v) is 5.79. The number of nitrogens with zero attached hydrogens (tertiary/aromatic N) is 1. The van der Waals surface area contributed by atoms with Gasteiger partial charge in [0.25, 0.3) is 0 Å². The Morgan fingerprint density at radius 1 is 1.13 bits per heavy atom. The van der Waals surface area contributed by atoms with Crippen molar-refractivity contribution in [2.75, 3.05) is 19.6 Å². The molecule has 3 aliphatic heterocycles. The third kappa shape index (κ3) is 3.96. The molecule has 2 aromatic carbocycles. The number of piperidine rings is 3. The minimum absolute atomic E-state index is 0.0279. The van der Waals surface area contributed by atoms with Crippen molar-refractivity contribution < 1.29 is 9.53 Å². The van der Waals surface area contributed by atoms with Crippen LogP contribution in [0, 0.1) is 18.3 Å². The molecule has 1 N–H and O–H groups in total. The molecule has 3 fully saturated rings. The van der Waals surface area contributed by atoms with E-state index >= 15 is 0 Å². The number of benzene rings is 2. The average Bonchev–Trinajstić information content (AvgIpc) is 2.99. The highest BCUT2D eigenvalue weighted by atomic mass is 35.5. The number of aryl methyl sites for hydroxylation is 1. The first kappa shape index (κ1) is 20.8. The summed E-state index contributed by atoms with van der Waals surface area (Å²) >= 11 is 6.35. The fraction of sp³-hybridized carbons (Fsp3) is 0.500. The number of hydrogen-bond acceptors (Lipinski definition) is 3. The number of alkyl carbamates (subject to hydrolysis) is 1. The SMILES string of the molecule is Cc1ccc(-c2ccc3c(c2)CC(C)(C)[C@H]3NC(=O)O[C@H]2CN3CCC2CC3)cc1Cl. The fourth-order valence-electron chi connectivity index (χ4n) is 5.61. The predicted octanol–water partition coefficient (Wildman–Crippen LogP) is 5.76. The lowest BCUT2D eigenvalue weighted by Gasteiger charge is -2.44. The molecule has 1 aliphatic carbocycles. The second-order valence-corrected chi connectivity index (χ2v) is 10.6. The average molecular weight is 439 g/mol. The second kappa shape index (κ2) is 7.83. The Hall–Kier alpha value is -2.04. The number of halogens is 1. The Kier molecular flexibility index (Phi) is 5.26. The van der Waals surface area contributed by atoms with Crippen LogP contribution in [0.4, 0.5) is 4.79 Å². The van der Waals surface area contributed by atoms with Gasteiger partial charge in [-0.1, -0.05) is 55.8 Å². The molecule has 2 atom stereocenters. The molecule has 0 unspecified atom stereocenters. The van der Waals surface area contributed by atoms with E-state index in [1.807, 2.05) is 13.0 Å². The molecule has 31 heavy (non-hydrogen) atoms. The molecule has 1 amide bonds. The van der Waals surface area contributed by atoms with Crippen LogP contribution in [0.15, 0.2) is 36.4 Å². The molecule has 3 heterocycles. The van der Waals surface area contributed by atoms with E-state index in [0.29, 0.717) is 5.92 Å².